The Morgan fingerprint density at radius 1 is 1.09 bits per heavy atom. The summed E-state index contributed by atoms with van der Waals surface area (Å²) in [5, 5.41) is 20.3. The second-order valence-corrected chi connectivity index (χ2v) is 7.92. The molecule has 0 radical (unpaired) electrons. The molecule has 0 bridgehead atoms. The molecule has 0 fully saturated rings. The number of aromatic nitrogens is 3. The van der Waals surface area contributed by atoms with E-state index in [9.17, 15) is 18.7 Å². The van der Waals surface area contributed by atoms with Crippen molar-refractivity contribution < 1.29 is 18.7 Å². The Hall–Kier alpha value is -3.91. The monoisotopic (exact) mass is 462 g/mol. The molecule has 1 unspecified atom stereocenters. The van der Waals surface area contributed by atoms with Gasteiger partial charge in [-0.25, -0.2) is 8.78 Å². The average molecular weight is 463 g/mol. The number of aliphatic hydroxyl groups excluding tert-OH is 1. The zero-order valence-electron chi connectivity index (χ0n) is 18.5. The summed E-state index contributed by atoms with van der Waals surface area (Å²) < 4.78 is 28.2. The highest BCUT2D eigenvalue weighted by molar-refractivity contribution is 6.01. The van der Waals surface area contributed by atoms with E-state index < -0.39 is 23.9 Å². The van der Waals surface area contributed by atoms with Crippen molar-refractivity contribution in [1.29, 1.82) is 0 Å². The SMILES string of the molecule is CCC(O)[C@@H](Cc1ccccn1)NC(=O)c1cccc(F)c1-c1cc(-c2ccc(F)cc2)n[nH]1. The highest BCUT2D eigenvalue weighted by Gasteiger charge is 2.25. The van der Waals surface area contributed by atoms with Gasteiger partial charge >= 0.3 is 0 Å². The van der Waals surface area contributed by atoms with E-state index in [1.165, 1.54) is 30.3 Å². The van der Waals surface area contributed by atoms with Crippen molar-refractivity contribution in [3.63, 3.8) is 0 Å². The molecule has 34 heavy (non-hydrogen) atoms. The number of pyridine rings is 1. The summed E-state index contributed by atoms with van der Waals surface area (Å²) >= 11 is 0. The lowest BCUT2D eigenvalue weighted by Gasteiger charge is -2.23. The molecule has 0 aliphatic rings. The summed E-state index contributed by atoms with van der Waals surface area (Å²) in [6, 6.07) is 16.4. The van der Waals surface area contributed by atoms with Crippen molar-refractivity contribution in [3.05, 3.63) is 95.8 Å². The molecule has 8 heteroatoms. The third kappa shape index (κ3) is 5.18. The van der Waals surface area contributed by atoms with Crippen LogP contribution in [0, 0.1) is 11.6 Å². The molecule has 174 valence electrons. The third-order valence-electron chi connectivity index (χ3n) is 5.60. The maximum absolute atomic E-state index is 14.9. The van der Waals surface area contributed by atoms with Crippen molar-refractivity contribution in [2.75, 3.05) is 0 Å². The number of aromatic amines is 1. The fraction of sp³-hybridized carbons (Fsp3) is 0.192. The minimum Gasteiger partial charge on any atom is -0.391 e. The topological polar surface area (TPSA) is 90.9 Å². The van der Waals surface area contributed by atoms with Gasteiger partial charge in [0.15, 0.2) is 0 Å². The van der Waals surface area contributed by atoms with Crippen LogP contribution in [0.5, 0.6) is 0 Å². The third-order valence-corrected chi connectivity index (χ3v) is 5.60. The van der Waals surface area contributed by atoms with Gasteiger partial charge in [0, 0.05) is 29.4 Å². The summed E-state index contributed by atoms with van der Waals surface area (Å²) in [6.45, 7) is 1.82. The molecule has 2 aromatic heterocycles. The van der Waals surface area contributed by atoms with Crippen LogP contribution in [-0.4, -0.2) is 38.3 Å². The molecule has 4 aromatic rings. The van der Waals surface area contributed by atoms with Gasteiger partial charge in [-0.05, 0) is 61.0 Å². The van der Waals surface area contributed by atoms with Gasteiger partial charge in [0.1, 0.15) is 11.6 Å². The maximum Gasteiger partial charge on any atom is 0.252 e. The molecule has 2 atom stereocenters. The fourth-order valence-electron chi connectivity index (χ4n) is 3.76. The van der Waals surface area contributed by atoms with Crippen LogP contribution in [0.4, 0.5) is 8.78 Å². The highest BCUT2D eigenvalue weighted by atomic mass is 19.1. The van der Waals surface area contributed by atoms with Gasteiger partial charge < -0.3 is 10.4 Å². The lowest BCUT2D eigenvalue weighted by molar-refractivity contribution is 0.0824. The average Bonchev–Trinajstić information content (AvgIpc) is 3.33. The van der Waals surface area contributed by atoms with Crippen molar-refractivity contribution in [2.45, 2.75) is 31.9 Å². The van der Waals surface area contributed by atoms with E-state index >= 15 is 0 Å². The summed E-state index contributed by atoms with van der Waals surface area (Å²) in [6.07, 6.45) is 1.59. The molecule has 4 rings (SSSR count). The molecule has 0 aliphatic heterocycles. The molecule has 0 saturated carbocycles. The number of aliphatic hydroxyl groups is 1. The van der Waals surface area contributed by atoms with Gasteiger partial charge in [-0.2, -0.15) is 5.10 Å². The molecule has 3 N–H and O–H groups in total. The molecule has 2 aromatic carbocycles. The highest BCUT2D eigenvalue weighted by Crippen LogP contribution is 2.29. The first-order valence-electron chi connectivity index (χ1n) is 10.9. The van der Waals surface area contributed by atoms with E-state index in [0.29, 0.717) is 29.8 Å². The Balaban J connectivity index is 1.63. The van der Waals surface area contributed by atoms with Crippen molar-refractivity contribution in [2.24, 2.45) is 0 Å². The van der Waals surface area contributed by atoms with Crippen molar-refractivity contribution >= 4 is 5.91 Å². The molecular formula is C26H24F2N4O2. The number of H-pyrrole nitrogens is 1. The lowest BCUT2D eigenvalue weighted by Crippen LogP contribution is -2.45. The summed E-state index contributed by atoms with van der Waals surface area (Å²) in [7, 11) is 0. The standard InChI is InChI=1S/C26H24F2N4O2/c1-2-24(33)22(14-18-6-3-4-13-29-18)30-26(34)19-7-5-8-20(28)25(19)23-15-21(31-32-23)16-9-11-17(27)12-10-16/h3-13,15,22,24,33H,2,14H2,1H3,(H,30,34)(H,31,32)/t22-,24?/m1/s1. The van der Waals surface area contributed by atoms with Gasteiger partial charge in [0.2, 0.25) is 0 Å². The number of nitrogens with one attached hydrogen (secondary N) is 2. The van der Waals surface area contributed by atoms with Crippen molar-refractivity contribution in [1.82, 2.24) is 20.5 Å². The number of carbonyl (C=O) groups excluding carboxylic acids is 1. The van der Waals surface area contributed by atoms with E-state index in [-0.39, 0.29) is 16.9 Å². The number of nitrogens with zero attached hydrogens (tertiary/aromatic N) is 2. The minimum atomic E-state index is -0.805. The summed E-state index contributed by atoms with van der Waals surface area (Å²) in [5.74, 6) is -1.50. The van der Waals surface area contributed by atoms with Gasteiger partial charge in [0.05, 0.1) is 29.1 Å². The predicted molar refractivity (Wildman–Crippen MR) is 125 cm³/mol. The predicted octanol–water partition coefficient (Wildman–Crippen LogP) is 4.53. The molecule has 1 amide bonds. The summed E-state index contributed by atoms with van der Waals surface area (Å²) in [4.78, 5) is 17.5. The van der Waals surface area contributed by atoms with E-state index in [0.717, 1.165) is 5.69 Å². The second kappa shape index (κ2) is 10.4. The van der Waals surface area contributed by atoms with Crippen LogP contribution in [-0.2, 0) is 6.42 Å². The Morgan fingerprint density at radius 3 is 2.59 bits per heavy atom. The number of rotatable bonds is 8. The number of hydrogen-bond donors (Lipinski definition) is 3. The molecule has 6 nitrogen and oxygen atoms in total. The normalized spacial score (nSPS) is 12.8. The Morgan fingerprint density at radius 2 is 1.88 bits per heavy atom. The van der Waals surface area contributed by atoms with Crippen LogP contribution in [0.2, 0.25) is 0 Å². The van der Waals surface area contributed by atoms with Crippen LogP contribution in [0.1, 0.15) is 29.4 Å². The molecule has 0 spiro atoms. The van der Waals surface area contributed by atoms with Gasteiger partial charge in [-0.3, -0.25) is 14.9 Å². The maximum atomic E-state index is 14.9. The number of carbonyl (C=O) groups is 1. The number of amides is 1. The first-order valence-corrected chi connectivity index (χ1v) is 10.9. The van der Waals surface area contributed by atoms with Crippen LogP contribution >= 0.6 is 0 Å². The zero-order chi connectivity index (χ0) is 24.1. The Kier molecular flexibility index (Phi) is 7.08. The second-order valence-electron chi connectivity index (χ2n) is 7.92. The van der Waals surface area contributed by atoms with Gasteiger partial charge in [-0.15, -0.1) is 0 Å². The first kappa shape index (κ1) is 23.3. The van der Waals surface area contributed by atoms with E-state index in [1.54, 1.807) is 30.5 Å². The van der Waals surface area contributed by atoms with E-state index in [2.05, 4.69) is 20.5 Å². The first-order chi connectivity index (χ1) is 16.5. The number of benzene rings is 2. The van der Waals surface area contributed by atoms with E-state index in [4.69, 9.17) is 0 Å². The van der Waals surface area contributed by atoms with Crippen LogP contribution in [0.15, 0.2) is 72.9 Å². The number of halogens is 2. The largest absolute Gasteiger partial charge is 0.391 e. The van der Waals surface area contributed by atoms with Gasteiger partial charge in [0.25, 0.3) is 5.91 Å². The fourth-order valence-corrected chi connectivity index (χ4v) is 3.76. The summed E-state index contributed by atoms with van der Waals surface area (Å²) in [5.41, 5.74) is 2.32. The molecule has 0 saturated heterocycles. The van der Waals surface area contributed by atoms with Crippen LogP contribution < -0.4 is 5.32 Å². The minimum absolute atomic E-state index is 0.0587. The Labute approximate surface area is 195 Å². The van der Waals surface area contributed by atoms with Crippen LogP contribution in [0.25, 0.3) is 22.5 Å². The molecular weight excluding hydrogens is 438 g/mol. The molecule has 0 aliphatic carbocycles. The quantitative estimate of drug-likeness (QED) is 0.359. The smallest absolute Gasteiger partial charge is 0.252 e. The Bertz CT molecular complexity index is 1260. The number of hydrogen-bond acceptors (Lipinski definition) is 4. The van der Waals surface area contributed by atoms with E-state index in [1.807, 2.05) is 19.1 Å². The van der Waals surface area contributed by atoms with Gasteiger partial charge in [-0.1, -0.05) is 19.1 Å². The van der Waals surface area contributed by atoms with Crippen LogP contribution in [0.3, 0.4) is 0 Å². The molecule has 2 heterocycles. The van der Waals surface area contributed by atoms with Crippen molar-refractivity contribution in [3.8, 4) is 22.5 Å². The zero-order valence-corrected chi connectivity index (χ0v) is 18.5. The lowest BCUT2D eigenvalue weighted by atomic mass is 9.99.